The minimum Gasteiger partial charge on any atom is -0.512 e. The van der Waals surface area contributed by atoms with Crippen molar-refractivity contribution in [1.82, 2.24) is 15.0 Å². The first-order chi connectivity index (χ1) is 20.8. The van der Waals surface area contributed by atoms with Gasteiger partial charge < -0.3 is 5.11 Å². The van der Waals surface area contributed by atoms with Crippen LogP contribution < -0.4 is 0 Å². The first kappa shape index (κ1) is 34.8. The number of aryl methyl sites for hydroxylation is 2. The zero-order valence-electron chi connectivity index (χ0n) is 26.5. The number of nitrogens with zero attached hydrogens (tertiary/aromatic N) is 3. The van der Waals surface area contributed by atoms with Gasteiger partial charge in [-0.2, -0.15) is 0 Å². The zero-order valence-corrected chi connectivity index (χ0v) is 28.9. The standard InChI is InChI=1S/C25H18N3.C13H24O2.Ir/c1-16-9-17(2)11-19(10-16)25-13-24(27-15-28-25)18-7-8-21-20(12-18)14-26-23-6-4-3-5-22(21)23;1-5-10(6-2)12(14)9-13(15)11(7-3)8-4;/h3-10,12-15H,1-2H3;9-11,14H,5-8H2,1-4H3;/q-1;;/b;12-9-;. The zero-order chi connectivity index (χ0) is 30.9. The largest absolute Gasteiger partial charge is 0.512 e. The van der Waals surface area contributed by atoms with E-state index in [1.807, 2.05) is 58.2 Å². The van der Waals surface area contributed by atoms with Crippen LogP contribution in [-0.2, 0) is 24.9 Å². The van der Waals surface area contributed by atoms with Crippen molar-refractivity contribution >= 4 is 27.5 Å². The van der Waals surface area contributed by atoms with Crippen LogP contribution in [0.3, 0.4) is 0 Å². The Morgan fingerprint density at radius 2 is 1.50 bits per heavy atom. The maximum atomic E-state index is 11.7. The van der Waals surface area contributed by atoms with Crippen LogP contribution in [0.4, 0.5) is 0 Å². The van der Waals surface area contributed by atoms with E-state index in [1.165, 1.54) is 22.4 Å². The van der Waals surface area contributed by atoms with Gasteiger partial charge in [0.1, 0.15) is 6.33 Å². The maximum absolute atomic E-state index is 11.7. The number of benzene rings is 3. The van der Waals surface area contributed by atoms with Gasteiger partial charge in [0.25, 0.3) is 0 Å². The molecule has 0 aliphatic carbocycles. The van der Waals surface area contributed by atoms with Crippen LogP contribution in [0.15, 0.2) is 85.0 Å². The summed E-state index contributed by atoms with van der Waals surface area (Å²) < 4.78 is 0. The fraction of sp³-hybridized carbons (Fsp3) is 0.316. The Hall–Kier alpha value is -3.73. The van der Waals surface area contributed by atoms with Crippen molar-refractivity contribution in [1.29, 1.82) is 0 Å². The van der Waals surface area contributed by atoms with Crippen LogP contribution in [0.1, 0.15) is 64.5 Å². The van der Waals surface area contributed by atoms with Gasteiger partial charge >= 0.3 is 0 Å². The van der Waals surface area contributed by atoms with Crippen molar-refractivity contribution in [3.63, 3.8) is 0 Å². The Morgan fingerprint density at radius 1 is 0.818 bits per heavy atom. The van der Waals surface area contributed by atoms with Crippen LogP contribution in [-0.4, -0.2) is 25.8 Å². The molecule has 0 aliphatic rings. The van der Waals surface area contributed by atoms with E-state index < -0.39 is 0 Å². The molecular weight excluding hydrogens is 723 g/mol. The number of ketones is 1. The number of pyridine rings is 1. The molecule has 2 aromatic heterocycles. The third-order valence-electron chi connectivity index (χ3n) is 8.06. The Morgan fingerprint density at radius 3 is 2.18 bits per heavy atom. The molecular formula is C38H42IrN3O2-. The Labute approximate surface area is 275 Å². The van der Waals surface area contributed by atoms with Crippen LogP contribution in [0.25, 0.3) is 44.2 Å². The molecule has 5 nitrogen and oxygen atoms in total. The van der Waals surface area contributed by atoms with E-state index in [-0.39, 0.29) is 43.5 Å². The quantitative estimate of drug-likeness (QED) is 0.0701. The fourth-order valence-electron chi connectivity index (χ4n) is 5.50. The smallest absolute Gasteiger partial charge is 0.162 e. The summed E-state index contributed by atoms with van der Waals surface area (Å²) in [5.74, 6) is 0.547. The molecule has 0 saturated heterocycles. The van der Waals surface area contributed by atoms with Crippen LogP contribution in [0.2, 0.25) is 0 Å². The molecule has 0 atom stereocenters. The second-order valence-electron chi connectivity index (χ2n) is 11.1. The number of aromatic nitrogens is 3. The van der Waals surface area contributed by atoms with Gasteiger partial charge in [-0.1, -0.05) is 77.9 Å². The summed E-state index contributed by atoms with van der Waals surface area (Å²) in [5, 5.41) is 13.2. The molecule has 5 aromatic rings. The number of para-hydroxylation sites is 1. The minimum absolute atomic E-state index is 0. The summed E-state index contributed by atoms with van der Waals surface area (Å²) in [4.78, 5) is 25.3. The van der Waals surface area contributed by atoms with Crippen molar-refractivity contribution in [2.24, 2.45) is 11.8 Å². The average Bonchev–Trinajstić information content (AvgIpc) is 3.02. The summed E-state index contributed by atoms with van der Waals surface area (Å²) in [6, 6.07) is 24.3. The minimum atomic E-state index is 0. The number of carbonyl (C=O) groups excluding carboxylic acids is 1. The van der Waals surface area contributed by atoms with E-state index in [2.05, 4.69) is 71.3 Å². The van der Waals surface area contributed by atoms with E-state index in [4.69, 9.17) is 0 Å². The number of aliphatic hydroxyl groups is 1. The normalized spacial score (nSPS) is 11.4. The van der Waals surface area contributed by atoms with Gasteiger partial charge in [-0.05, 0) is 48.9 Å². The third kappa shape index (κ3) is 8.46. The summed E-state index contributed by atoms with van der Waals surface area (Å²) in [6.45, 7) is 12.2. The Balaban J connectivity index is 0.000000286. The Kier molecular flexibility index (Phi) is 12.9. The van der Waals surface area contributed by atoms with Crippen molar-refractivity contribution < 1.29 is 30.0 Å². The van der Waals surface area contributed by atoms with E-state index in [1.54, 1.807) is 6.33 Å². The second kappa shape index (κ2) is 16.4. The van der Waals surface area contributed by atoms with Gasteiger partial charge in [-0.15, -0.1) is 34.9 Å². The van der Waals surface area contributed by atoms with Gasteiger partial charge in [0.15, 0.2) is 5.78 Å². The summed E-state index contributed by atoms with van der Waals surface area (Å²) in [7, 11) is 0. The van der Waals surface area contributed by atoms with E-state index in [0.717, 1.165) is 64.7 Å². The van der Waals surface area contributed by atoms with Gasteiger partial charge in [0.2, 0.25) is 0 Å². The fourth-order valence-corrected chi connectivity index (χ4v) is 5.50. The molecule has 44 heavy (non-hydrogen) atoms. The number of hydrogen-bond acceptors (Lipinski definition) is 5. The summed E-state index contributed by atoms with van der Waals surface area (Å²) in [5.41, 5.74) is 7.15. The predicted octanol–water partition coefficient (Wildman–Crippen LogP) is 9.80. The van der Waals surface area contributed by atoms with Crippen molar-refractivity contribution in [2.75, 3.05) is 0 Å². The predicted molar refractivity (Wildman–Crippen MR) is 178 cm³/mol. The molecule has 5 rings (SSSR count). The SMILES string of the molecule is CCC(CC)C(=O)/C=C(\O)C(CC)CC.Cc1[c-]c(-c2cc(-c3ccc4c(cnc5ccccc54)c3)ncn2)cc(C)c1.[Ir]. The maximum Gasteiger partial charge on any atom is 0.162 e. The molecule has 0 bridgehead atoms. The summed E-state index contributed by atoms with van der Waals surface area (Å²) in [6.07, 6.45) is 8.46. The molecule has 3 aromatic carbocycles. The second-order valence-corrected chi connectivity index (χ2v) is 11.1. The molecule has 231 valence electrons. The van der Waals surface area contributed by atoms with Gasteiger partial charge in [0.05, 0.1) is 17.0 Å². The number of aliphatic hydroxyl groups excluding tert-OH is 1. The van der Waals surface area contributed by atoms with E-state index in [0.29, 0.717) is 0 Å². The number of fused-ring (bicyclic) bond motifs is 3. The first-order valence-electron chi connectivity index (χ1n) is 15.3. The van der Waals surface area contributed by atoms with Crippen LogP contribution >= 0.6 is 0 Å². The van der Waals surface area contributed by atoms with Crippen molar-refractivity contribution in [3.8, 4) is 22.5 Å². The molecule has 2 heterocycles. The van der Waals surface area contributed by atoms with Gasteiger partial charge in [-0.3, -0.25) is 14.8 Å². The number of rotatable bonds is 9. The van der Waals surface area contributed by atoms with Crippen LogP contribution in [0, 0.1) is 31.7 Å². The van der Waals surface area contributed by atoms with E-state index in [9.17, 15) is 9.90 Å². The molecule has 0 unspecified atom stereocenters. The van der Waals surface area contributed by atoms with Crippen LogP contribution in [0.5, 0.6) is 0 Å². The molecule has 0 aliphatic heterocycles. The molecule has 1 radical (unpaired) electrons. The third-order valence-corrected chi connectivity index (χ3v) is 8.06. The molecule has 0 fully saturated rings. The van der Waals surface area contributed by atoms with E-state index >= 15 is 0 Å². The molecule has 6 heteroatoms. The Bertz CT molecular complexity index is 1720. The number of hydrogen-bond donors (Lipinski definition) is 1. The molecule has 0 spiro atoms. The molecule has 1 N–H and O–H groups in total. The van der Waals surface area contributed by atoms with Gasteiger partial charge in [0, 0.05) is 60.5 Å². The van der Waals surface area contributed by atoms with Gasteiger partial charge in [-0.25, -0.2) is 4.98 Å². The molecule has 0 saturated carbocycles. The first-order valence-corrected chi connectivity index (χ1v) is 15.3. The monoisotopic (exact) mass is 765 g/mol. The summed E-state index contributed by atoms with van der Waals surface area (Å²) >= 11 is 0. The van der Waals surface area contributed by atoms with Crippen molar-refractivity contribution in [2.45, 2.75) is 67.2 Å². The number of allylic oxidation sites excluding steroid dienone is 2. The molecule has 0 amide bonds. The number of carbonyl (C=O) groups is 1. The average molecular weight is 765 g/mol. The topological polar surface area (TPSA) is 76.0 Å². The van der Waals surface area contributed by atoms with Crippen molar-refractivity contribution in [3.05, 3.63) is 102 Å².